The highest BCUT2D eigenvalue weighted by Gasteiger charge is 2.06. The Morgan fingerprint density at radius 1 is 0.767 bits per heavy atom. The Morgan fingerprint density at radius 2 is 1.53 bits per heavy atom. The Morgan fingerprint density at radius 3 is 2.27 bits per heavy atom. The van der Waals surface area contributed by atoms with Crippen LogP contribution in [0.4, 0.5) is 5.69 Å². The molecule has 30 heavy (non-hydrogen) atoms. The van der Waals surface area contributed by atoms with Crippen LogP contribution in [0.1, 0.15) is 22.3 Å². The molecule has 148 valence electrons. The first-order valence-corrected chi connectivity index (χ1v) is 10.1. The molecule has 0 aromatic heterocycles. The third-order valence-corrected chi connectivity index (χ3v) is 5.25. The fourth-order valence-corrected chi connectivity index (χ4v) is 3.53. The summed E-state index contributed by atoms with van der Waals surface area (Å²) in [6.45, 7) is 0. The third kappa shape index (κ3) is 4.64. The normalized spacial score (nSPS) is 10.5. The molecule has 0 heterocycles. The van der Waals surface area contributed by atoms with E-state index in [1.165, 1.54) is 16.8 Å². The van der Waals surface area contributed by atoms with Crippen molar-refractivity contribution >= 4 is 16.5 Å². The molecule has 2 heteroatoms. The number of hydrogen-bond donors (Lipinski definition) is 1. The second kappa shape index (κ2) is 8.76. The largest absolute Gasteiger partial charge is 0.508 e. The predicted molar refractivity (Wildman–Crippen MR) is 126 cm³/mol. The van der Waals surface area contributed by atoms with Crippen LogP contribution in [0, 0.1) is 11.8 Å². The highest BCUT2D eigenvalue weighted by molar-refractivity contribution is 5.86. The van der Waals surface area contributed by atoms with Crippen LogP contribution in [-0.4, -0.2) is 19.2 Å². The van der Waals surface area contributed by atoms with Crippen molar-refractivity contribution in [2.45, 2.75) is 12.8 Å². The molecule has 0 unspecified atom stereocenters. The van der Waals surface area contributed by atoms with Crippen LogP contribution in [0.5, 0.6) is 5.75 Å². The van der Waals surface area contributed by atoms with Crippen molar-refractivity contribution < 1.29 is 5.11 Å². The number of anilines is 1. The van der Waals surface area contributed by atoms with Crippen LogP contribution in [0.25, 0.3) is 10.8 Å². The average molecular weight is 392 g/mol. The summed E-state index contributed by atoms with van der Waals surface area (Å²) in [5, 5.41) is 12.5. The van der Waals surface area contributed by atoms with Gasteiger partial charge in [0.25, 0.3) is 0 Å². The van der Waals surface area contributed by atoms with E-state index < -0.39 is 0 Å². The molecule has 0 saturated heterocycles. The van der Waals surface area contributed by atoms with Crippen LogP contribution in [-0.2, 0) is 12.8 Å². The van der Waals surface area contributed by atoms with Crippen LogP contribution in [0.15, 0.2) is 84.9 Å². The fourth-order valence-electron chi connectivity index (χ4n) is 3.53. The number of aromatic hydroxyl groups is 1. The second-order valence-electron chi connectivity index (χ2n) is 7.74. The number of phenolic OH excluding ortho intramolecular Hbond substituents is 1. The predicted octanol–water partition coefficient (Wildman–Crippen LogP) is 5.80. The summed E-state index contributed by atoms with van der Waals surface area (Å²) in [4.78, 5) is 2.09. The van der Waals surface area contributed by atoms with Gasteiger partial charge in [-0.05, 0) is 63.9 Å². The molecule has 0 aliphatic rings. The van der Waals surface area contributed by atoms with Gasteiger partial charge in [0.2, 0.25) is 0 Å². The molecular weight excluding hydrogens is 366 g/mol. The highest BCUT2D eigenvalue weighted by atomic mass is 16.3. The minimum absolute atomic E-state index is 0.339. The van der Waals surface area contributed by atoms with Gasteiger partial charge in [0, 0.05) is 38.2 Å². The van der Waals surface area contributed by atoms with Gasteiger partial charge in [-0.2, -0.15) is 0 Å². The molecule has 4 aromatic rings. The first-order valence-electron chi connectivity index (χ1n) is 10.1. The number of hydrogen-bond acceptors (Lipinski definition) is 2. The van der Waals surface area contributed by atoms with E-state index in [2.05, 4.69) is 65.3 Å². The molecule has 0 aliphatic carbocycles. The van der Waals surface area contributed by atoms with Gasteiger partial charge in [0.1, 0.15) is 5.75 Å². The Hall–Kier alpha value is -3.70. The minimum atomic E-state index is 0.339. The van der Waals surface area contributed by atoms with Gasteiger partial charge < -0.3 is 10.0 Å². The molecule has 0 aliphatic heterocycles. The van der Waals surface area contributed by atoms with Crippen LogP contribution in [0.2, 0.25) is 0 Å². The smallest absolute Gasteiger partial charge is 0.119 e. The van der Waals surface area contributed by atoms with Gasteiger partial charge in [0.05, 0.1) is 0 Å². The number of phenols is 1. The molecule has 0 atom stereocenters. The summed E-state index contributed by atoms with van der Waals surface area (Å²) in [5.41, 5.74) is 5.51. The number of fused-ring (bicyclic) bond motifs is 1. The van der Waals surface area contributed by atoms with Crippen molar-refractivity contribution in [1.29, 1.82) is 0 Å². The molecule has 0 radical (unpaired) electrons. The highest BCUT2D eigenvalue weighted by Crippen LogP contribution is 2.27. The molecular formula is C28H25NO. The quantitative estimate of drug-likeness (QED) is 0.445. The van der Waals surface area contributed by atoms with E-state index in [0.29, 0.717) is 12.2 Å². The minimum Gasteiger partial charge on any atom is -0.508 e. The van der Waals surface area contributed by atoms with Crippen molar-refractivity contribution in [3.63, 3.8) is 0 Å². The number of benzene rings is 4. The van der Waals surface area contributed by atoms with E-state index in [4.69, 9.17) is 0 Å². The standard InChI is InChI=1S/C28H25NO/c1-29(2)27-15-12-21(13-16-27)9-6-10-23-11-14-24-20-28(30)26(19-25(24)17-23)18-22-7-4-3-5-8-22/h3-5,7-8,11-17,19-20,30H,9,18H2,1-2H3. The molecule has 0 fully saturated rings. The first kappa shape index (κ1) is 19.6. The summed E-state index contributed by atoms with van der Waals surface area (Å²) in [5.74, 6) is 6.91. The molecule has 1 N–H and O–H groups in total. The van der Waals surface area contributed by atoms with Gasteiger partial charge in [0.15, 0.2) is 0 Å². The van der Waals surface area contributed by atoms with E-state index >= 15 is 0 Å². The monoisotopic (exact) mass is 391 g/mol. The first-order chi connectivity index (χ1) is 14.6. The molecule has 4 rings (SSSR count). The van der Waals surface area contributed by atoms with E-state index in [0.717, 1.165) is 28.3 Å². The van der Waals surface area contributed by atoms with E-state index in [1.807, 2.05) is 50.5 Å². The van der Waals surface area contributed by atoms with Gasteiger partial charge in [-0.25, -0.2) is 0 Å². The summed E-state index contributed by atoms with van der Waals surface area (Å²) in [6, 6.07) is 28.8. The number of nitrogens with zero attached hydrogens (tertiary/aromatic N) is 1. The molecule has 0 bridgehead atoms. The summed E-state index contributed by atoms with van der Waals surface area (Å²) in [7, 11) is 4.08. The van der Waals surface area contributed by atoms with E-state index in [1.54, 1.807) is 0 Å². The lowest BCUT2D eigenvalue weighted by atomic mass is 9.99. The molecule has 0 saturated carbocycles. The van der Waals surface area contributed by atoms with Crippen molar-refractivity contribution in [2.75, 3.05) is 19.0 Å². The van der Waals surface area contributed by atoms with Gasteiger partial charge >= 0.3 is 0 Å². The van der Waals surface area contributed by atoms with Crippen LogP contribution in [0.3, 0.4) is 0 Å². The lowest BCUT2D eigenvalue weighted by Crippen LogP contribution is -2.08. The maximum absolute atomic E-state index is 10.4. The van der Waals surface area contributed by atoms with Crippen LogP contribution < -0.4 is 4.90 Å². The zero-order chi connectivity index (χ0) is 20.9. The molecule has 0 spiro atoms. The van der Waals surface area contributed by atoms with Crippen molar-refractivity contribution in [3.05, 3.63) is 107 Å². The van der Waals surface area contributed by atoms with Crippen molar-refractivity contribution in [2.24, 2.45) is 0 Å². The SMILES string of the molecule is CN(C)c1ccc(CC#Cc2ccc3cc(O)c(Cc4ccccc4)cc3c2)cc1. The van der Waals surface area contributed by atoms with Crippen molar-refractivity contribution in [1.82, 2.24) is 0 Å². The Labute approximate surface area is 178 Å². The lowest BCUT2D eigenvalue weighted by Gasteiger charge is -2.11. The lowest BCUT2D eigenvalue weighted by molar-refractivity contribution is 0.470. The van der Waals surface area contributed by atoms with Gasteiger partial charge in [-0.1, -0.05) is 60.4 Å². The van der Waals surface area contributed by atoms with E-state index in [9.17, 15) is 5.11 Å². The Balaban J connectivity index is 1.54. The Kier molecular flexibility index (Phi) is 5.72. The average Bonchev–Trinajstić information content (AvgIpc) is 2.75. The van der Waals surface area contributed by atoms with E-state index in [-0.39, 0.29) is 0 Å². The second-order valence-corrected chi connectivity index (χ2v) is 7.74. The summed E-state index contributed by atoms with van der Waals surface area (Å²) in [6.07, 6.45) is 1.43. The van der Waals surface area contributed by atoms with Crippen LogP contribution >= 0.6 is 0 Å². The summed E-state index contributed by atoms with van der Waals surface area (Å²) >= 11 is 0. The molecule has 2 nitrogen and oxygen atoms in total. The van der Waals surface area contributed by atoms with Gasteiger partial charge in [-0.3, -0.25) is 0 Å². The number of rotatable bonds is 4. The maximum atomic E-state index is 10.4. The maximum Gasteiger partial charge on any atom is 0.119 e. The molecule has 0 amide bonds. The van der Waals surface area contributed by atoms with Gasteiger partial charge in [-0.15, -0.1) is 0 Å². The zero-order valence-corrected chi connectivity index (χ0v) is 17.4. The summed E-state index contributed by atoms with van der Waals surface area (Å²) < 4.78 is 0. The fraction of sp³-hybridized carbons (Fsp3) is 0.143. The molecule has 4 aromatic carbocycles. The third-order valence-electron chi connectivity index (χ3n) is 5.25. The van der Waals surface area contributed by atoms with Crippen molar-refractivity contribution in [3.8, 4) is 17.6 Å². The topological polar surface area (TPSA) is 23.5 Å². The Bertz CT molecular complexity index is 1210. The zero-order valence-electron chi connectivity index (χ0n) is 17.4.